The largest absolute Gasteiger partial charge is 0.303 e. The van der Waals surface area contributed by atoms with Gasteiger partial charge in [-0.3, -0.25) is 0 Å². The predicted octanol–water partition coefficient (Wildman–Crippen LogP) is 4.23. The van der Waals surface area contributed by atoms with E-state index in [0.717, 1.165) is 0 Å². The highest BCUT2D eigenvalue weighted by Gasteiger charge is 2.40. The van der Waals surface area contributed by atoms with Crippen molar-refractivity contribution in [2.75, 3.05) is 39.3 Å². The Morgan fingerprint density at radius 1 is 0.750 bits per heavy atom. The fourth-order valence-electron chi connectivity index (χ4n) is 5.37. The van der Waals surface area contributed by atoms with Crippen LogP contribution in [0.3, 0.4) is 0 Å². The molecule has 2 fully saturated rings. The second kappa shape index (κ2) is 7.58. The van der Waals surface area contributed by atoms with Crippen LogP contribution in [0.25, 0.3) is 0 Å². The van der Waals surface area contributed by atoms with Crippen molar-refractivity contribution >= 4 is 0 Å². The molecule has 0 unspecified atom stereocenters. The van der Waals surface area contributed by atoms with Crippen LogP contribution >= 0.6 is 0 Å². The minimum atomic E-state index is 0.526. The van der Waals surface area contributed by atoms with E-state index in [1.54, 1.807) is 11.1 Å². The number of piperidine rings is 1. The van der Waals surface area contributed by atoms with E-state index in [0.29, 0.717) is 5.41 Å². The first-order valence-electron chi connectivity index (χ1n) is 10.4. The van der Waals surface area contributed by atoms with Gasteiger partial charge in [0, 0.05) is 0 Å². The van der Waals surface area contributed by atoms with E-state index >= 15 is 0 Å². The van der Waals surface area contributed by atoms with Gasteiger partial charge in [-0.15, -0.1) is 0 Å². The third-order valence-electron chi connectivity index (χ3n) is 6.92. The van der Waals surface area contributed by atoms with Gasteiger partial charge in [0.25, 0.3) is 0 Å². The molecule has 3 aliphatic rings. The van der Waals surface area contributed by atoms with Gasteiger partial charge in [-0.1, -0.05) is 37.1 Å². The van der Waals surface area contributed by atoms with Crippen LogP contribution in [-0.2, 0) is 11.8 Å². The molecule has 2 aliphatic heterocycles. The lowest BCUT2D eigenvalue weighted by Gasteiger charge is -2.40. The Morgan fingerprint density at radius 3 is 2.17 bits per heavy atom. The molecule has 0 N–H and O–H groups in total. The molecule has 0 radical (unpaired) electrons. The number of hydrogen-bond donors (Lipinski definition) is 0. The van der Waals surface area contributed by atoms with E-state index in [4.69, 9.17) is 0 Å². The number of rotatable bonds is 4. The van der Waals surface area contributed by atoms with Crippen molar-refractivity contribution in [2.45, 2.75) is 63.2 Å². The first-order valence-corrected chi connectivity index (χ1v) is 10.4. The van der Waals surface area contributed by atoms with Crippen LogP contribution < -0.4 is 0 Å². The number of benzene rings is 1. The van der Waals surface area contributed by atoms with Gasteiger partial charge >= 0.3 is 0 Å². The van der Waals surface area contributed by atoms with Crippen LogP contribution in [0.15, 0.2) is 24.3 Å². The smallest absolute Gasteiger partial charge is 0.000654 e. The summed E-state index contributed by atoms with van der Waals surface area (Å²) in [5.74, 6) is 0. The Bertz CT molecular complexity index is 523. The van der Waals surface area contributed by atoms with E-state index in [2.05, 4.69) is 34.1 Å². The molecule has 1 spiro atoms. The third-order valence-corrected chi connectivity index (χ3v) is 6.92. The second-order valence-electron chi connectivity index (χ2n) is 8.39. The van der Waals surface area contributed by atoms with Crippen LogP contribution in [0.2, 0.25) is 0 Å². The van der Waals surface area contributed by atoms with Crippen LogP contribution in [0.4, 0.5) is 0 Å². The highest BCUT2D eigenvalue weighted by molar-refractivity contribution is 5.39. The SMILES string of the molecule is c1ccc2c(c1)CCC21CCN(CCCN2CCCCCC2)CC1. The van der Waals surface area contributed by atoms with E-state index < -0.39 is 0 Å². The lowest BCUT2D eigenvalue weighted by molar-refractivity contribution is 0.150. The molecule has 132 valence electrons. The fraction of sp³-hybridized carbons (Fsp3) is 0.727. The Hall–Kier alpha value is -0.860. The van der Waals surface area contributed by atoms with Crippen molar-refractivity contribution in [3.63, 3.8) is 0 Å². The van der Waals surface area contributed by atoms with E-state index in [1.807, 2.05) is 0 Å². The molecular weight excluding hydrogens is 292 g/mol. The summed E-state index contributed by atoms with van der Waals surface area (Å²) in [6, 6.07) is 9.24. The van der Waals surface area contributed by atoms with Crippen molar-refractivity contribution in [3.05, 3.63) is 35.4 Å². The van der Waals surface area contributed by atoms with Gasteiger partial charge < -0.3 is 9.80 Å². The molecule has 0 saturated carbocycles. The first kappa shape index (κ1) is 16.6. The molecule has 0 atom stereocenters. The van der Waals surface area contributed by atoms with Crippen LogP contribution in [0.5, 0.6) is 0 Å². The van der Waals surface area contributed by atoms with Crippen LogP contribution in [0, 0.1) is 0 Å². The van der Waals surface area contributed by atoms with Crippen molar-refractivity contribution in [2.24, 2.45) is 0 Å². The molecule has 1 aromatic carbocycles. The van der Waals surface area contributed by atoms with Crippen molar-refractivity contribution in [3.8, 4) is 0 Å². The summed E-state index contributed by atoms with van der Waals surface area (Å²) in [5, 5.41) is 0. The summed E-state index contributed by atoms with van der Waals surface area (Å²) in [6.45, 7) is 7.96. The minimum absolute atomic E-state index is 0.526. The lowest BCUT2D eigenvalue weighted by Crippen LogP contribution is -2.42. The quantitative estimate of drug-likeness (QED) is 0.817. The average Bonchev–Trinajstić information content (AvgIpc) is 2.80. The topological polar surface area (TPSA) is 6.48 Å². The summed E-state index contributed by atoms with van der Waals surface area (Å²) in [6.07, 6.45) is 12.6. The minimum Gasteiger partial charge on any atom is -0.303 e. The number of fused-ring (bicyclic) bond motifs is 2. The zero-order chi connectivity index (χ0) is 16.2. The normalized spacial score (nSPS) is 24.8. The molecule has 2 nitrogen and oxygen atoms in total. The Kier molecular flexibility index (Phi) is 5.24. The molecular formula is C22H34N2. The first-order chi connectivity index (χ1) is 11.9. The Morgan fingerprint density at radius 2 is 1.42 bits per heavy atom. The zero-order valence-electron chi connectivity index (χ0n) is 15.3. The van der Waals surface area contributed by atoms with Gasteiger partial charge in [0.05, 0.1) is 0 Å². The number of nitrogens with zero attached hydrogens (tertiary/aromatic N) is 2. The summed E-state index contributed by atoms with van der Waals surface area (Å²) in [4.78, 5) is 5.45. The van der Waals surface area contributed by atoms with Gasteiger partial charge in [-0.25, -0.2) is 0 Å². The van der Waals surface area contributed by atoms with Gasteiger partial charge in [-0.05, 0) is 101 Å². The molecule has 2 saturated heterocycles. The van der Waals surface area contributed by atoms with Crippen molar-refractivity contribution in [1.29, 1.82) is 0 Å². The molecule has 0 bridgehead atoms. The molecule has 1 aliphatic carbocycles. The maximum Gasteiger partial charge on any atom is -0.000654 e. The standard InChI is InChI=1S/C22H34N2/c1-2-6-15-23(14-5-1)16-7-17-24-18-12-22(13-19-24)11-10-20-8-3-4-9-21(20)22/h3-4,8-9H,1-2,5-7,10-19H2. The van der Waals surface area contributed by atoms with Gasteiger partial charge in [0.2, 0.25) is 0 Å². The molecule has 1 aromatic rings. The van der Waals surface area contributed by atoms with Gasteiger partial charge in [0.1, 0.15) is 0 Å². The number of likely N-dealkylation sites (tertiary alicyclic amines) is 2. The highest BCUT2D eigenvalue weighted by atomic mass is 15.2. The molecule has 2 heterocycles. The second-order valence-corrected chi connectivity index (χ2v) is 8.39. The highest BCUT2D eigenvalue weighted by Crippen LogP contribution is 2.46. The molecule has 2 heteroatoms. The lowest BCUT2D eigenvalue weighted by atomic mass is 9.74. The number of hydrogen-bond acceptors (Lipinski definition) is 2. The van der Waals surface area contributed by atoms with Gasteiger partial charge in [-0.2, -0.15) is 0 Å². The van der Waals surface area contributed by atoms with Crippen LogP contribution in [0.1, 0.15) is 62.5 Å². The van der Waals surface area contributed by atoms with Crippen molar-refractivity contribution < 1.29 is 0 Å². The van der Waals surface area contributed by atoms with Crippen LogP contribution in [-0.4, -0.2) is 49.1 Å². The maximum atomic E-state index is 2.74. The fourth-order valence-corrected chi connectivity index (χ4v) is 5.37. The van der Waals surface area contributed by atoms with Gasteiger partial charge in [0.15, 0.2) is 0 Å². The number of aryl methyl sites for hydroxylation is 1. The summed E-state index contributed by atoms with van der Waals surface area (Å²) in [5.41, 5.74) is 3.85. The van der Waals surface area contributed by atoms with Crippen molar-refractivity contribution in [1.82, 2.24) is 9.80 Å². The molecule has 0 amide bonds. The Labute approximate surface area is 148 Å². The average molecular weight is 327 g/mol. The predicted molar refractivity (Wildman–Crippen MR) is 102 cm³/mol. The third kappa shape index (κ3) is 3.55. The molecule has 0 aromatic heterocycles. The Balaban J connectivity index is 1.24. The summed E-state index contributed by atoms with van der Waals surface area (Å²) in [7, 11) is 0. The summed E-state index contributed by atoms with van der Waals surface area (Å²) < 4.78 is 0. The zero-order valence-corrected chi connectivity index (χ0v) is 15.3. The van der Waals surface area contributed by atoms with E-state index in [1.165, 1.54) is 97.1 Å². The monoisotopic (exact) mass is 326 g/mol. The van der Waals surface area contributed by atoms with E-state index in [9.17, 15) is 0 Å². The maximum absolute atomic E-state index is 2.74. The molecule has 24 heavy (non-hydrogen) atoms. The molecule has 4 rings (SSSR count). The van der Waals surface area contributed by atoms with E-state index in [-0.39, 0.29) is 0 Å². The summed E-state index contributed by atoms with van der Waals surface area (Å²) >= 11 is 0.